The first-order chi connectivity index (χ1) is 39.2. The number of carbonyl (C=O) groups excluding carboxylic acids is 2. The monoisotopic (exact) mass is 1160 g/mol. The number of nitrogens with zero attached hydrogens (tertiary/aromatic N) is 7. The highest BCUT2D eigenvalue weighted by Gasteiger charge is 2.22. The van der Waals surface area contributed by atoms with Crippen molar-refractivity contribution in [1.29, 1.82) is 5.26 Å². The number of aryl methyl sites for hydroxylation is 4. The standard InChI is InChI=1S/C31H22F2N4O3.C30H22BrF2N3O3.CH3F/c1-17-12-26-30(36-18(17)2)29(10-11-35-26)40-28-9-4-20(13-25(28)33)14-27(38)24-15-21(16-34)19(3)37(31(24)39)23-7-5-22(32)6-8-23;1-16-12-25-29(35-17(16)2)28(10-11-34-25)39-27-9-4-19(13-24(27)33)14-26(37)22-15-23(31)18(3)36(30(22)38)21-7-5-20(32)6-8-21;1-2/h4-13,15H,14H2,1-3H3;4-13,15H,14H2,1-3H3;1H3/i;;1D. The van der Waals surface area contributed by atoms with E-state index in [1.54, 1.807) is 44.4 Å². The fourth-order valence-corrected chi connectivity index (χ4v) is 9.00. The third-order valence-corrected chi connectivity index (χ3v) is 13.9. The van der Waals surface area contributed by atoms with Crippen LogP contribution in [0.3, 0.4) is 0 Å². The Kier molecular flexibility index (Phi) is 17.1. The highest BCUT2D eigenvalue weighted by Crippen LogP contribution is 2.33. The van der Waals surface area contributed by atoms with Crippen molar-refractivity contribution in [2.45, 2.75) is 54.4 Å². The number of pyridine rings is 6. The van der Waals surface area contributed by atoms with E-state index in [0.29, 0.717) is 71.9 Å². The largest absolute Gasteiger partial charge is 0.452 e. The molecule has 0 N–H and O–H groups in total. The molecular formula is C62H47BrF5N7O6. The second-order valence-corrected chi connectivity index (χ2v) is 19.3. The normalized spacial score (nSPS) is 11.0. The highest BCUT2D eigenvalue weighted by atomic mass is 79.9. The second-order valence-electron chi connectivity index (χ2n) is 18.5. The maximum atomic E-state index is 15.1. The van der Waals surface area contributed by atoms with Crippen LogP contribution in [0.4, 0.5) is 22.0 Å². The lowest BCUT2D eigenvalue weighted by Gasteiger charge is -2.14. The summed E-state index contributed by atoms with van der Waals surface area (Å²) in [5, 5.41) is 9.59. The summed E-state index contributed by atoms with van der Waals surface area (Å²) in [7, 11) is -1.00. The molecular weight excluding hydrogens is 1110 g/mol. The molecule has 4 aromatic carbocycles. The first-order valence-corrected chi connectivity index (χ1v) is 25.4. The summed E-state index contributed by atoms with van der Waals surface area (Å²) in [5.74, 6) is -2.79. The molecule has 19 heteroatoms. The van der Waals surface area contributed by atoms with Crippen molar-refractivity contribution in [3.8, 4) is 40.4 Å². The average molecular weight is 1160 g/mol. The minimum absolute atomic E-state index is 0.0320. The van der Waals surface area contributed by atoms with Crippen LogP contribution < -0.4 is 20.6 Å². The van der Waals surface area contributed by atoms with E-state index in [1.165, 1.54) is 94.1 Å². The van der Waals surface area contributed by atoms with Gasteiger partial charge in [0, 0.05) is 76.0 Å². The first kappa shape index (κ1) is 56.2. The molecule has 0 spiro atoms. The van der Waals surface area contributed by atoms with Crippen LogP contribution in [0.1, 0.15) is 72.7 Å². The van der Waals surface area contributed by atoms with Crippen molar-refractivity contribution in [3.63, 3.8) is 0 Å². The van der Waals surface area contributed by atoms with Gasteiger partial charge in [0.1, 0.15) is 28.7 Å². The summed E-state index contributed by atoms with van der Waals surface area (Å²) in [5.41, 5.74) is 6.72. The maximum Gasteiger partial charge on any atom is 0.266 e. The van der Waals surface area contributed by atoms with Crippen LogP contribution in [0.25, 0.3) is 33.4 Å². The van der Waals surface area contributed by atoms with E-state index in [-0.39, 0.29) is 41.0 Å². The zero-order valence-corrected chi connectivity index (χ0v) is 45.8. The molecule has 13 nitrogen and oxygen atoms in total. The molecule has 0 amide bonds. The number of hydrogen-bond acceptors (Lipinski definition) is 11. The van der Waals surface area contributed by atoms with E-state index >= 15 is 8.78 Å². The van der Waals surface area contributed by atoms with Crippen molar-refractivity contribution in [3.05, 3.63) is 244 Å². The van der Waals surface area contributed by atoms with E-state index in [4.69, 9.17) is 10.8 Å². The Morgan fingerprint density at radius 2 is 0.988 bits per heavy atom. The molecule has 0 bridgehead atoms. The Labute approximate surface area is 470 Å². The van der Waals surface area contributed by atoms with Gasteiger partial charge in [-0.05, 0) is 177 Å². The summed E-state index contributed by atoms with van der Waals surface area (Å²) in [6, 6.07) is 30.5. The zero-order chi connectivity index (χ0) is 59.1. The van der Waals surface area contributed by atoms with Gasteiger partial charge in [-0.25, -0.2) is 27.5 Å². The van der Waals surface area contributed by atoms with Gasteiger partial charge in [0.05, 0.1) is 36.2 Å². The fraction of sp³-hybridized carbons (Fsp3) is 0.145. The topological polar surface area (TPSA) is 172 Å². The summed E-state index contributed by atoms with van der Waals surface area (Å²) in [6.07, 6.45) is 2.62. The summed E-state index contributed by atoms with van der Waals surface area (Å²) in [6.45, 7) is 10.9. The Morgan fingerprint density at radius 3 is 1.40 bits per heavy atom. The Morgan fingerprint density at radius 1 is 0.580 bits per heavy atom. The Balaban J connectivity index is 0.000000205. The highest BCUT2D eigenvalue weighted by molar-refractivity contribution is 9.10. The number of alkyl halides is 1. The van der Waals surface area contributed by atoms with Gasteiger partial charge in [-0.3, -0.25) is 42.7 Å². The number of aromatic nitrogens is 6. The van der Waals surface area contributed by atoms with Gasteiger partial charge in [-0.1, -0.05) is 12.1 Å². The van der Waals surface area contributed by atoms with E-state index < -0.39 is 53.1 Å². The lowest BCUT2D eigenvalue weighted by atomic mass is 10.0. The number of carbonyl (C=O) groups is 2. The minimum atomic E-state index is -1.00. The van der Waals surface area contributed by atoms with Crippen LogP contribution in [0.2, 0.25) is 0 Å². The van der Waals surface area contributed by atoms with Crippen LogP contribution in [0.5, 0.6) is 23.0 Å². The van der Waals surface area contributed by atoms with Crippen molar-refractivity contribution in [2.75, 3.05) is 7.15 Å². The number of hydrogen-bond donors (Lipinski definition) is 0. The quantitative estimate of drug-likeness (QED) is 0.0842. The lowest BCUT2D eigenvalue weighted by Crippen LogP contribution is -2.28. The lowest BCUT2D eigenvalue weighted by molar-refractivity contribution is 0.0982. The summed E-state index contributed by atoms with van der Waals surface area (Å²) in [4.78, 5) is 70.6. The molecule has 0 unspecified atom stereocenters. The molecule has 0 aliphatic rings. The molecule has 10 aromatic rings. The minimum Gasteiger partial charge on any atom is -0.452 e. The Bertz CT molecular complexity index is 4310. The van der Waals surface area contributed by atoms with Crippen LogP contribution in [0, 0.1) is 76.1 Å². The van der Waals surface area contributed by atoms with Crippen LogP contribution >= 0.6 is 15.9 Å². The van der Waals surface area contributed by atoms with Crippen LogP contribution in [-0.4, -0.2) is 47.8 Å². The third-order valence-electron chi connectivity index (χ3n) is 13.1. The van der Waals surface area contributed by atoms with Gasteiger partial charge < -0.3 is 9.47 Å². The van der Waals surface area contributed by atoms with Crippen molar-refractivity contribution in [2.24, 2.45) is 0 Å². The number of ether oxygens (including phenoxy) is 2. The van der Waals surface area contributed by atoms with Gasteiger partial charge in [-0.2, -0.15) is 5.26 Å². The van der Waals surface area contributed by atoms with Gasteiger partial charge in [-0.15, -0.1) is 0 Å². The number of rotatable bonds is 12. The molecule has 0 aliphatic carbocycles. The van der Waals surface area contributed by atoms with E-state index in [2.05, 4.69) is 35.9 Å². The summed E-state index contributed by atoms with van der Waals surface area (Å²) < 4.78 is 87.2. The number of nitriles is 1. The fourth-order valence-electron chi connectivity index (χ4n) is 8.60. The van der Waals surface area contributed by atoms with Gasteiger partial charge in [0.15, 0.2) is 46.2 Å². The van der Waals surface area contributed by atoms with Crippen LogP contribution in [0.15, 0.2) is 148 Å². The van der Waals surface area contributed by atoms with Crippen molar-refractivity contribution in [1.82, 2.24) is 29.1 Å². The first-order valence-electron chi connectivity index (χ1n) is 25.3. The molecule has 0 radical (unpaired) electrons. The number of fused-ring (bicyclic) bond motifs is 2. The van der Waals surface area contributed by atoms with Crippen LogP contribution in [-0.2, 0) is 12.8 Å². The number of Topliss-reactive ketones (excluding diaryl/α,β-unsaturated/α-hetero) is 2. The van der Waals surface area contributed by atoms with E-state index in [1.807, 2.05) is 45.9 Å². The Hall–Kier alpha value is -9.54. The predicted octanol–water partition coefficient (Wildman–Crippen LogP) is 13.6. The second kappa shape index (κ2) is 24.6. The van der Waals surface area contributed by atoms with Crippen molar-refractivity contribution < 1.29 is 42.4 Å². The zero-order valence-electron chi connectivity index (χ0n) is 45.2. The van der Waals surface area contributed by atoms with Crippen molar-refractivity contribution >= 4 is 49.6 Å². The average Bonchev–Trinajstić information content (AvgIpc) is 3.27. The molecule has 6 aromatic heterocycles. The molecule has 10 rings (SSSR count). The molecule has 0 fully saturated rings. The molecule has 0 atom stereocenters. The summed E-state index contributed by atoms with van der Waals surface area (Å²) >= 11 is 3.40. The van der Waals surface area contributed by atoms with E-state index in [9.17, 15) is 37.6 Å². The third kappa shape index (κ3) is 12.5. The van der Waals surface area contributed by atoms with Gasteiger partial charge in [0.2, 0.25) is 0 Å². The smallest absolute Gasteiger partial charge is 0.266 e. The number of benzene rings is 4. The SMILES string of the molecule is Cc1cc2nccc(Oc3ccc(CC(=O)c4cc(Br)c(C)n(-c5ccc(F)cc5)c4=O)cc3F)c2nc1C.Cc1cc2nccc(Oc3ccc(CC(=O)c4cc(C#N)c(C)n(-c5ccc(F)cc5)c4=O)cc3F)c2nc1C.[2H]CF. The molecule has 81 heavy (non-hydrogen) atoms. The molecule has 0 saturated carbocycles. The van der Waals surface area contributed by atoms with Gasteiger partial charge in [0.25, 0.3) is 11.1 Å². The molecule has 0 aliphatic heterocycles. The molecule has 408 valence electrons. The van der Waals surface area contributed by atoms with Gasteiger partial charge >= 0.3 is 0 Å². The number of halogens is 6. The maximum absolute atomic E-state index is 15.1. The predicted molar refractivity (Wildman–Crippen MR) is 300 cm³/mol. The molecule has 0 saturated heterocycles. The number of ketones is 2. The van der Waals surface area contributed by atoms with E-state index in [0.717, 1.165) is 28.6 Å². The molecule has 6 heterocycles.